The molecule has 1 saturated heterocycles. The van der Waals surface area contributed by atoms with Crippen molar-refractivity contribution in [2.75, 3.05) is 63.3 Å². The lowest BCUT2D eigenvalue weighted by Gasteiger charge is -2.35. The van der Waals surface area contributed by atoms with E-state index in [9.17, 15) is 0 Å². The molecule has 0 radical (unpaired) electrons. The van der Waals surface area contributed by atoms with Crippen molar-refractivity contribution in [1.29, 1.82) is 0 Å². The van der Waals surface area contributed by atoms with E-state index in [1.807, 2.05) is 0 Å². The molecule has 0 atom stereocenters. The summed E-state index contributed by atoms with van der Waals surface area (Å²) in [5, 5.41) is 0. The van der Waals surface area contributed by atoms with Crippen LogP contribution in [0.25, 0.3) is 0 Å². The first-order valence-electron chi connectivity index (χ1n) is 10.4. The van der Waals surface area contributed by atoms with Gasteiger partial charge in [0.1, 0.15) is 5.82 Å². The number of methoxy groups -OCH3 is 2. The van der Waals surface area contributed by atoms with Crippen molar-refractivity contribution < 1.29 is 9.47 Å². The van der Waals surface area contributed by atoms with Crippen molar-refractivity contribution >= 4 is 11.8 Å². The fourth-order valence-corrected chi connectivity index (χ4v) is 4.19. The van der Waals surface area contributed by atoms with Crippen LogP contribution in [0.1, 0.15) is 23.7 Å². The normalized spacial score (nSPS) is 17.2. The molecule has 0 saturated carbocycles. The lowest BCUT2D eigenvalue weighted by molar-refractivity contribution is 0.270. The summed E-state index contributed by atoms with van der Waals surface area (Å²) in [5.41, 5.74) is 3.57. The molecule has 0 amide bonds. The third-order valence-electron chi connectivity index (χ3n) is 5.97. The fraction of sp³-hybridized carbons (Fsp3) is 0.545. The van der Waals surface area contributed by atoms with Gasteiger partial charge in [0.05, 0.1) is 14.2 Å². The first kappa shape index (κ1) is 19.8. The van der Waals surface area contributed by atoms with Crippen molar-refractivity contribution in [1.82, 2.24) is 14.9 Å². The number of likely N-dealkylation sites (N-methyl/N-ethyl adjacent to an activating group) is 1. The predicted molar refractivity (Wildman–Crippen MR) is 115 cm³/mol. The zero-order chi connectivity index (χ0) is 20.4. The molecule has 0 N–H and O–H groups in total. The maximum absolute atomic E-state index is 5.49. The summed E-state index contributed by atoms with van der Waals surface area (Å²) < 4.78 is 10.9. The minimum Gasteiger partial charge on any atom is -0.493 e. The average molecular weight is 398 g/mol. The van der Waals surface area contributed by atoms with E-state index in [-0.39, 0.29) is 0 Å². The lowest BCUT2D eigenvalue weighted by atomic mass is 9.99. The van der Waals surface area contributed by atoms with Gasteiger partial charge in [-0.05, 0) is 43.1 Å². The molecule has 0 bridgehead atoms. The summed E-state index contributed by atoms with van der Waals surface area (Å²) in [7, 11) is 3.36. The smallest absolute Gasteiger partial charge is 0.227 e. The molecule has 7 heteroatoms. The van der Waals surface area contributed by atoms with E-state index in [1.165, 1.54) is 11.1 Å². The summed E-state index contributed by atoms with van der Waals surface area (Å²) in [4.78, 5) is 16.8. The Morgan fingerprint density at radius 1 is 0.862 bits per heavy atom. The molecule has 2 aliphatic rings. The number of aryl methyl sites for hydroxylation is 1. The monoisotopic (exact) mass is 397 g/mol. The highest BCUT2D eigenvalue weighted by Gasteiger charge is 2.23. The Bertz CT molecular complexity index is 865. The van der Waals surface area contributed by atoms with Crippen LogP contribution in [0, 0.1) is 6.92 Å². The van der Waals surface area contributed by atoms with Gasteiger partial charge in [-0.3, -0.25) is 0 Å². The molecule has 156 valence electrons. The van der Waals surface area contributed by atoms with E-state index >= 15 is 0 Å². The molecular formula is C22H31N5O2. The Morgan fingerprint density at radius 2 is 1.55 bits per heavy atom. The van der Waals surface area contributed by atoms with Gasteiger partial charge in [0.25, 0.3) is 0 Å². The van der Waals surface area contributed by atoms with E-state index in [4.69, 9.17) is 19.4 Å². The summed E-state index contributed by atoms with van der Waals surface area (Å²) in [6, 6.07) is 6.29. The Balaban J connectivity index is 1.56. The first-order valence-corrected chi connectivity index (χ1v) is 10.4. The number of nitrogens with zero attached hydrogens (tertiary/aromatic N) is 5. The minimum absolute atomic E-state index is 0.771. The van der Waals surface area contributed by atoms with Crippen LogP contribution in [0.4, 0.5) is 11.8 Å². The zero-order valence-electron chi connectivity index (χ0n) is 17.9. The van der Waals surface area contributed by atoms with E-state index in [2.05, 4.69) is 46.7 Å². The predicted octanol–water partition coefficient (Wildman–Crippen LogP) is 2.51. The molecule has 0 spiro atoms. The van der Waals surface area contributed by atoms with Gasteiger partial charge in [0.15, 0.2) is 11.5 Å². The second kappa shape index (κ2) is 8.45. The minimum atomic E-state index is 0.771. The van der Waals surface area contributed by atoms with Crippen LogP contribution in [0.2, 0.25) is 0 Å². The van der Waals surface area contributed by atoms with Crippen LogP contribution in [0.15, 0.2) is 18.2 Å². The van der Waals surface area contributed by atoms with E-state index in [1.54, 1.807) is 14.2 Å². The van der Waals surface area contributed by atoms with Gasteiger partial charge in [-0.1, -0.05) is 6.92 Å². The number of ether oxygens (including phenoxy) is 2. The second-order valence-corrected chi connectivity index (χ2v) is 7.74. The third kappa shape index (κ3) is 4.10. The molecule has 4 rings (SSSR count). The van der Waals surface area contributed by atoms with E-state index in [0.29, 0.717) is 0 Å². The fourth-order valence-electron chi connectivity index (χ4n) is 4.19. The highest BCUT2D eigenvalue weighted by atomic mass is 16.5. The number of hydrogen-bond donors (Lipinski definition) is 0. The number of piperazine rings is 1. The number of hydrogen-bond acceptors (Lipinski definition) is 7. The van der Waals surface area contributed by atoms with Gasteiger partial charge in [0.2, 0.25) is 5.95 Å². The van der Waals surface area contributed by atoms with Crippen molar-refractivity contribution in [3.05, 3.63) is 35.0 Å². The standard InChI is InChI=1S/C22H31N5O2/c1-5-25-8-10-26(11-9-25)21-12-16(2)23-22(24-21)27-7-6-17-13-19(28-3)20(29-4)14-18(17)15-27/h12-14H,5-11,15H2,1-4H3. The Morgan fingerprint density at radius 3 is 2.21 bits per heavy atom. The van der Waals surface area contributed by atoms with E-state index in [0.717, 1.165) is 81.2 Å². The van der Waals surface area contributed by atoms with Crippen LogP contribution in [0.3, 0.4) is 0 Å². The molecule has 2 aromatic rings. The number of rotatable bonds is 5. The lowest BCUT2D eigenvalue weighted by Crippen LogP contribution is -2.46. The molecule has 0 aliphatic carbocycles. The quantitative estimate of drug-likeness (QED) is 0.768. The van der Waals surface area contributed by atoms with Crippen LogP contribution in [-0.2, 0) is 13.0 Å². The summed E-state index contributed by atoms with van der Waals surface area (Å²) >= 11 is 0. The topological polar surface area (TPSA) is 54.0 Å². The van der Waals surface area contributed by atoms with Crippen molar-refractivity contribution in [2.45, 2.75) is 26.8 Å². The SMILES string of the molecule is CCN1CCN(c2cc(C)nc(N3CCc4cc(OC)c(OC)cc4C3)n2)CC1. The molecular weight excluding hydrogens is 366 g/mol. The van der Waals surface area contributed by atoms with Crippen LogP contribution in [-0.4, -0.2) is 68.4 Å². The number of fused-ring (bicyclic) bond motifs is 1. The van der Waals surface area contributed by atoms with Crippen LogP contribution in [0.5, 0.6) is 11.5 Å². The third-order valence-corrected chi connectivity index (χ3v) is 5.97. The largest absolute Gasteiger partial charge is 0.493 e. The van der Waals surface area contributed by atoms with Crippen LogP contribution < -0.4 is 19.3 Å². The molecule has 1 aromatic heterocycles. The van der Waals surface area contributed by atoms with Gasteiger partial charge >= 0.3 is 0 Å². The Kier molecular flexibility index (Phi) is 5.76. The van der Waals surface area contributed by atoms with Crippen molar-refractivity contribution in [3.8, 4) is 11.5 Å². The summed E-state index contributed by atoms with van der Waals surface area (Å²) in [6.45, 7) is 11.3. The number of anilines is 2. The number of aromatic nitrogens is 2. The van der Waals surface area contributed by atoms with Crippen molar-refractivity contribution in [3.63, 3.8) is 0 Å². The highest BCUT2D eigenvalue weighted by Crippen LogP contribution is 2.34. The first-order chi connectivity index (χ1) is 14.1. The van der Waals surface area contributed by atoms with Crippen LogP contribution >= 0.6 is 0 Å². The number of benzene rings is 1. The van der Waals surface area contributed by atoms with Crippen molar-refractivity contribution in [2.24, 2.45) is 0 Å². The molecule has 0 unspecified atom stereocenters. The van der Waals surface area contributed by atoms with Gasteiger partial charge in [0, 0.05) is 51.0 Å². The van der Waals surface area contributed by atoms with Gasteiger partial charge in [-0.2, -0.15) is 4.98 Å². The van der Waals surface area contributed by atoms with Gasteiger partial charge < -0.3 is 24.2 Å². The molecule has 7 nitrogen and oxygen atoms in total. The molecule has 2 aliphatic heterocycles. The maximum Gasteiger partial charge on any atom is 0.227 e. The summed E-state index contributed by atoms with van der Waals surface area (Å²) in [5.74, 6) is 3.42. The second-order valence-electron chi connectivity index (χ2n) is 7.74. The zero-order valence-corrected chi connectivity index (χ0v) is 17.9. The highest BCUT2D eigenvalue weighted by molar-refractivity contribution is 5.52. The Labute approximate surface area is 173 Å². The maximum atomic E-state index is 5.49. The molecule has 1 aromatic carbocycles. The average Bonchev–Trinajstić information content (AvgIpc) is 2.77. The molecule has 29 heavy (non-hydrogen) atoms. The van der Waals surface area contributed by atoms with Gasteiger partial charge in [-0.15, -0.1) is 0 Å². The Hall–Kier alpha value is -2.54. The molecule has 3 heterocycles. The van der Waals surface area contributed by atoms with E-state index < -0.39 is 0 Å². The van der Waals surface area contributed by atoms with Gasteiger partial charge in [-0.25, -0.2) is 4.98 Å². The summed E-state index contributed by atoms with van der Waals surface area (Å²) in [6.07, 6.45) is 0.942. The molecule has 1 fully saturated rings.